The lowest BCUT2D eigenvalue weighted by molar-refractivity contribution is 0.963. The molecule has 0 aliphatic heterocycles. The normalized spacial score (nSPS) is 10.8. The molecule has 1 aromatic heterocycles. The van der Waals surface area contributed by atoms with E-state index in [-0.39, 0.29) is 5.56 Å². The van der Waals surface area contributed by atoms with E-state index >= 15 is 0 Å². The van der Waals surface area contributed by atoms with Crippen LogP contribution >= 0.6 is 0 Å². The molecule has 1 heterocycles. The number of nitrogens with one attached hydrogen (secondary N) is 1. The minimum Gasteiger partial charge on any atom is -0.394 e. The molecule has 1 aromatic carbocycles. The fraction of sp³-hybridized carbons (Fsp3) is 0.353. The fourth-order valence-corrected chi connectivity index (χ4v) is 2.78. The average Bonchev–Trinajstić information content (AvgIpc) is 2.38. The lowest BCUT2D eigenvalue weighted by Gasteiger charge is -2.13. The van der Waals surface area contributed by atoms with E-state index in [1.165, 1.54) is 16.7 Å². The van der Waals surface area contributed by atoms with Crippen LogP contribution in [0.15, 0.2) is 23.0 Å². The molecule has 0 aliphatic rings. The molecule has 0 fully saturated rings. The Hall–Kier alpha value is -2.03. The summed E-state index contributed by atoms with van der Waals surface area (Å²) in [6.07, 6.45) is 1.51. The second kappa shape index (κ2) is 5.53. The Labute approximate surface area is 119 Å². The van der Waals surface area contributed by atoms with Gasteiger partial charge in [-0.05, 0) is 43.9 Å². The van der Waals surface area contributed by atoms with Gasteiger partial charge in [-0.2, -0.15) is 0 Å². The summed E-state index contributed by atoms with van der Waals surface area (Å²) in [6.45, 7) is 8.24. The maximum atomic E-state index is 11.9. The van der Waals surface area contributed by atoms with Gasteiger partial charge < -0.3 is 10.7 Å². The molecule has 2 aromatic rings. The van der Waals surface area contributed by atoms with Gasteiger partial charge in [0.15, 0.2) is 0 Å². The van der Waals surface area contributed by atoms with Gasteiger partial charge in [0.2, 0.25) is 0 Å². The third-order valence-electron chi connectivity index (χ3n) is 3.76. The SMILES string of the molecule is CCc1[nH]c(=O)c(N)c(Cc2cc(C)cc(C)c2)c1C. The van der Waals surface area contributed by atoms with Crippen LogP contribution in [-0.2, 0) is 12.8 Å². The third-order valence-corrected chi connectivity index (χ3v) is 3.76. The van der Waals surface area contributed by atoms with Crippen molar-refractivity contribution in [2.24, 2.45) is 0 Å². The van der Waals surface area contributed by atoms with Crippen LogP contribution in [-0.4, -0.2) is 4.98 Å². The summed E-state index contributed by atoms with van der Waals surface area (Å²) in [6, 6.07) is 6.45. The van der Waals surface area contributed by atoms with Crippen molar-refractivity contribution in [1.82, 2.24) is 4.98 Å². The molecule has 0 spiro atoms. The Kier molecular flexibility index (Phi) is 3.98. The van der Waals surface area contributed by atoms with Crippen LogP contribution in [0.2, 0.25) is 0 Å². The zero-order valence-corrected chi connectivity index (χ0v) is 12.6. The van der Waals surface area contributed by atoms with Gasteiger partial charge in [-0.1, -0.05) is 36.2 Å². The number of aromatic amines is 1. The number of nitrogen functional groups attached to an aromatic ring is 1. The van der Waals surface area contributed by atoms with Crippen molar-refractivity contribution in [3.63, 3.8) is 0 Å². The Bertz CT molecular complexity index is 679. The number of H-pyrrole nitrogens is 1. The molecule has 0 amide bonds. The second-order valence-corrected chi connectivity index (χ2v) is 5.48. The first kappa shape index (κ1) is 14.4. The number of aryl methyl sites for hydroxylation is 3. The summed E-state index contributed by atoms with van der Waals surface area (Å²) in [5.74, 6) is 0. The number of hydrogen-bond acceptors (Lipinski definition) is 2. The van der Waals surface area contributed by atoms with Gasteiger partial charge >= 0.3 is 0 Å². The first-order valence-electron chi connectivity index (χ1n) is 6.99. The van der Waals surface area contributed by atoms with Crippen LogP contribution in [0.25, 0.3) is 0 Å². The van der Waals surface area contributed by atoms with Crippen molar-refractivity contribution in [1.29, 1.82) is 0 Å². The van der Waals surface area contributed by atoms with Crippen LogP contribution in [0.1, 0.15) is 40.4 Å². The summed E-state index contributed by atoms with van der Waals surface area (Å²) in [4.78, 5) is 14.8. The van der Waals surface area contributed by atoms with Crippen molar-refractivity contribution < 1.29 is 0 Å². The van der Waals surface area contributed by atoms with Crippen molar-refractivity contribution in [3.05, 3.63) is 62.1 Å². The van der Waals surface area contributed by atoms with Crippen LogP contribution in [0, 0.1) is 20.8 Å². The Balaban J connectivity index is 2.53. The smallest absolute Gasteiger partial charge is 0.271 e. The van der Waals surface area contributed by atoms with E-state index in [4.69, 9.17) is 5.73 Å². The summed E-state index contributed by atoms with van der Waals surface area (Å²) >= 11 is 0. The molecule has 0 unspecified atom stereocenters. The zero-order chi connectivity index (χ0) is 14.9. The fourth-order valence-electron chi connectivity index (χ4n) is 2.78. The summed E-state index contributed by atoms with van der Waals surface area (Å²) in [5, 5.41) is 0. The number of aromatic nitrogens is 1. The van der Waals surface area contributed by atoms with E-state index in [1.54, 1.807) is 0 Å². The van der Waals surface area contributed by atoms with Crippen LogP contribution < -0.4 is 11.3 Å². The summed E-state index contributed by atoms with van der Waals surface area (Å²) in [7, 11) is 0. The number of hydrogen-bond donors (Lipinski definition) is 2. The molecular formula is C17H22N2O. The van der Waals surface area contributed by atoms with Gasteiger partial charge in [-0.3, -0.25) is 4.79 Å². The molecule has 0 saturated carbocycles. The molecule has 0 aliphatic carbocycles. The van der Waals surface area contributed by atoms with Gasteiger partial charge in [0.05, 0.1) is 0 Å². The molecule has 3 nitrogen and oxygen atoms in total. The van der Waals surface area contributed by atoms with Gasteiger partial charge in [0.1, 0.15) is 5.69 Å². The highest BCUT2D eigenvalue weighted by Gasteiger charge is 2.12. The van der Waals surface area contributed by atoms with E-state index in [1.807, 2.05) is 13.8 Å². The molecule has 20 heavy (non-hydrogen) atoms. The monoisotopic (exact) mass is 270 g/mol. The topological polar surface area (TPSA) is 58.9 Å². The first-order valence-corrected chi connectivity index (χ1v) is 6.99. The van der Waals surface area contributed by atoms with E-state index < -0.39 is 0 Å². The van der Waals surface area contributed by atoms with E-state index in [0.29, 0.717) is 12.1 Å². The molecule has 0 radical (unpaired) electrons. The number of anilines is 1. The maximum Gasteiger partial charge on any atom is 0.271 e. The van der Waals surface area contributed by atoms with Crippen LogP contribution in [0.3, 0.4) is 0 Å². The predicted molar refractivity (Wildman–Crippen MR) is 84.3 cm³/mol. The Morgan fingerprint density at radius 2 is 1.70 bits per heavy atom. The van der Waals surface area contributed by atoms with Crippen molar-refractivity contribution in [2.45, 2.75) is 40.5 Å². The highest BCUT2D eigenvalue weighted by Crippen LogP contribution is 2.21. The Morgan fingerprint density at radius 3 is 2.25 bits per heavy atom. The maximum absolute atomic E-state index is 11.9. The second-order valence-electron chi connectivity index (χ2n) is 5.48. The van der Waals surface area contributed by atoms with Crippen LogP contribution in [0.4, 0.5) is 5.69 Å². The summed E-state index contributed by atoms with van der Waals surface area (Å²) in [5.41, 5.74) is 12.9. The molecular weight excluding hydrogens is 248 g/mol. The highest BCUT2D eigenvalue weighted by atomic mass is 16.1. The zero-order valence-electron chi connectivity index (χ0n) is 12.6. The molecule has 0 atom stereocenters. The molecule has 0 bridgehead atoms. The average molecular weight is 270 g/mol. The molecule has 2 rings (SSSR count). The third kappa shape index (κ3) is 2.77. The van der Waals surface area contributed by atoms with Gasteiger partial charge in [0.25, 0.3) is 5.56 Å². The molecule has 3 N–H and O–H groups in total. The minimum atomic E-state index is -0.174. The largest absolute Gasteiger partial charge is 0.394 e. The highest BCUT2D eigenvalue weighted by molar-refractivity contribution is 5.52. The molecule has 3 heteroatoms. The minimum absolute atomic E-state index is 0.174. The predicted octanol–water partition coefficient (Wildman–Crippen LogP) is 3.04. The van der Waals surface area contributed by atoms with Crippen molar-refractivity contribution in [3.8, 4) is 0 Å². The van der Waals surface area contributed by atoms with E-state index in [0.717, 1.165) is 23.2 Å². The van der Waals surface area contributed by atoms with Gasteiger partial charge in [-0.25, -0.2) is 0 Å². The first-order chi connectivity index (χ1) is 9.42. The lowest BCUT2D eigenvalue weighted by atomic mass is 9.96. The van der Waals surface area contributed by atoms with Crippen LogP contribution in [0.5, 0.6) is 0 Å². The van der Waals surface area contributed by atoms with Gasteiger partial charge in [-0.15, -0.1) is 0 Å². The number of nitrogens with two attached hydrogens (primary N) is 1. The number of benzene rings is 1. The number of rotatable bonds is 3. The van der Waals surface area contributed by atoms with Crippen molar-refractivity contribution in [2.75, 3.05) is 5.73 Å². The standard InChI is InChI=1S/C17H22N2O/c1-5-15-12(4)14(16(18)17(20)19-15)9-13-7-10(2)6-11(3)8-13/h6-8H,5,9,18H2,1-4H3,(H,19,20). The van der Waals surface area contributed by atoms with E-state index in [2.05, 4.69) is 37.0 Å². The van der Waals surface area contributed by atoms with E-state index in [9.17, 15) is 4.79 Å². The quantitative estimate of drug-likeness (QED) is 0.900. The molecule has 0 saturated heterocycles. The number of pyridine rings is 1. The summed E-state index contributed by atoms with van der Waals surface area (Å²) < 4.78 is 0. The van der Waals surface area contributed by atoms with Crippen molar-refractivity contribution >= 4 is 5.69 Å². The lowest BCUT2D eigenvalue weighted by Crippen LogP contribution is -2.19. The Morgan fingerprint density at radius 1 is 1.10 bits per heavy atom. The molecule has 106 valence electrons. The van der Waals surface area contributed by atoms with Gasteiger partial charge in [0, 0.05) is 12.1 Å².